The summed E-state index contributed by atoms with van der Waals surface area (Å²) in [5.41, 5.74) is -0.736. The van der Waals surface area contributed by atoms with Crippen LogP contribution in [0.1, 0.15) is 19.7 Å². The van der Waals surface area contributed by atoms with Gasteiger partial charge in [0.1, 0.15) is 12.2 Å². The minimum Gasteiger partial charge on any atom is -0.481 e. The molecule has 6 heteroatoms. The van der Waals surface area contributed by atoms with E-state index in [1.165, 1.54) is 0 Å². The molecule has 0 unspecified atom stereocenters. The molecule has 2 N–H and O–H groups in total. The van der Waals surface area contributed by atoms with Gasteiger partial charge in [-0.05, 0) is 13.8 Å². The molecule has 0 aliphatic carbocycles. The normalized spacial score (nSPS) is 11.7. The molecule has 6 nitrogen and oxygen atoms in total. The van der Waals surface area contributed by atoms with E-state index in [0.717, 1.165) is 12.2 Å². The number of rotatable bonds is 6. The molecule has 0 aliphatic heterocycles. The zero-order valence-corrected chi connectivity index (χ0v) is 9.90. The smallest absolute Gasteiger partial charge is 0.310 e. The minimum atomic E-state index is -0.793. The van der Waals surface area contributed by atoms with Crippen LogP contribution in [0.4, 0.5) is 0 Å². The molecule has 0 amide bonds. The second kappa shape index (κ2) is 5.07. The zero-order chi connectivity index (χ0) is 12.2. The van der Waals surface area contributed by atoms with Crippen LogP contribution in [-0.2, 0) is 18.3 Å². The molecule has 0 aromatic carbocycles. The lowest BCUT2D eigenvalue weighted by atomic mass is 9.94. The predicted molar refractivity (Wildman–Crippen MR) is 59.0 cm³/mol. The van der Waals surface area contributed by atoms with Crippen molar-refractivity contribution >= 4 is 5.97 Å². The maximum atomic E-state index is 10.8. The average Bonchev–Trinajstić information content (AvgIpc) is 2.59. The first-order valence-electron chi connectivity index (χ1n) is 5.20. The van der Waals surface area contributed by atoms with Crippen molar-refractivity contribution in [3.8, 4) is 0 Å². The summed E-state index contributed by atoms with van der Waals surface area (Å²) in [6.07, 6.45) is 2.39. The van der Waals surface area contributed by atoms with Gasteiger partial charge in [-0.1, -0.05) is 0 Å². The molecule has 90 valence electrons. The molecule has 0 bridgehead atoms. The summed E-state index contributed by atoms with van der Waals surface area (Å²) < 4.78 is 1.85. The van der Waals surface area contributed by atoms with Gasteiger partial charge in [0.15, 0.2) is 0 Å². The Morgan fingerprint density at radius 3 is 2.81 bits per heavy atom. The lowest BCUT2D eigenvalue weighted by molar-refractivity contribution is -0.146. The Kier molecular flexibility index (Phi) is 4.00. The number of aliphatic carboxylic acids is 1. The summed E-state index contributed by atoms with van der Waals surface area (Å²) in [6.45, 7) is 4.54. The summed E-state index contributed by atoms with van der Waals surface area (Å²) in [5, 5.41) is 19.7. The quantitative estimate of drug-likeness (QED) is 0.670. The molecule has 0 radical (unpaired) electrons. The number of aryl methyl sites for hydroxylation is 1. The zero-order valence-electron chi connectivity index (χ0n) is 9.90. The van der Waals surface area contributed by atoms with E-state index in [4.69, 9.17) is 5.11 Å². The molecule has 0 atom stereocenters. The van der Waals surface area contributed by atoms with E-state index in [1.807, 2.05) is 11.6 Å². The third kappa shape index (κ3) is 3.30. The number of aromatic nitrogens is 3. The fourth-order valence-electron chi connectivity index (χ4n) is 1.21. The first-order valence-corrected chi connectivity index (χ1v) is 5.20. The number of nitrogens with one attached hydrogen (secondary N) is 1. The Hall–Kier alpha value is -1.43. The van der Waals surface area contributed by atoms with Crippen molar-refractivity contribution in [2.24, 2.45) is 12.5 Å². The van der Waals surface area contributed by atoms with Gasteiger partial charge in [0, 0.05) is 26.6 Å². The van der Waals surface area contributed by atoms with Crippen LogP contribution in [0.2, 0.25) is 0 Å². The Labute approximate surface area is 94.7 Å². The van der Waals surface area contributed by atoms with Crippen molar-refractivity contribution in [1.82, 2.24) is 20.1 Å². The van der Waals surface area contributed by atoms with Gasteiger partial charge < -0.3 is 15.0 Å². The molecule has 1 heterocycles. The molecule has 1 rings (SSSR count). The topological polar surface area (TPSA) is 80.0 Å². The molecule has 0 saturated heterocycles. The Morgan fingerprint density at radius 1 is 1.62 bits per heavy atom. The van der Waals surface area contributed by atoms with E-state index < -0.39 is 11.4 Å². The second-order valence-electron chi connectivity index (χ2n) is 4.47. The van der Waals surface area contributed by atoms with Crippen LogP contribution in [0.3, 0.4) is 0 Å². The van der Waals surface area contributed by atoms with E-state index in [-0.39, 0.29) is 0 Å². The van der Waals surface area contributed by atoms with Crippen molar-refractivity contribution in [1.29, 1.82) is 0 Å². The van der Waals surface area contributed by atoms with Crippen molar-refractivity contribution in [3.63, 3.8) is 0 Å². The van der Waals surface area contributed by atoms with Crippen LogP contribution in [0.15, 0.2) is 6.33 Å². The number of carboxylic acids is 1. The molecule has 1 aromatic rings. The fraction of sp³-hybridized carbons (Fsp3) is 0.700. The second-order valence-corrected chi connectivity index (χ2v) is 4.47. The van der Waals surface area contributed by atoms with E-state index in [2.05, 4.69) is 15.5 Å². The third-order valence-corrected chi connectivity index (χ3v) is 2.48. The van der Waals surface area contributed by atoms with Gasteiger partial charge in [0.2, 0.25) is 0 Å². The number of hydrogen-bond donors (Lipinski definition) is 2. The van der Waals surface area contributed by atoms with E-state index in [9.17, 15) is 4.79 Å². The largest absolute Gasteiger partial charge is 0.481 e. The monoisotopic (exact) mass is 226 g/mol. The van der Waals surface area contributed by atoms with Gasteiger partial charge in [-0.25, -0.2) is 0 Å². The SMILES string of the molecule is Cn1cnnc1CCNCC(C)(C)C(=O)O. The Bertz CT molecular complexity index is 359. The van der Waals surface area contributed by atoms with Crippen molar-refractivity contribution < 1.29 is 9.90 Å². The molecule has 0 spiro atoms. The van der Waals surface area contributed by atoms with Crippen molar-refractivity contribution in [3.05, 3.63) is 12.2 Å². The number of nitrogens with zero attached hydrogens (tertiary/aromatic N) is 3. The highest BCUT2D eigenvalue weighted by Crippen LogP contribution is 2.12. The van der Waals surface area contributed by atoms with Crippen LogP contribution < -0.4 is 5.32 Å². The minimum absolute atomic E-state index is 0.445. The van der Waals surface area contributed by atoms with Gasteiger partial charge in [-0.3, -0.25) is 4.79 Å². The molecule has 1 aromatic heterocycles. The van der Waals surface area contributed by atoms with Gasteiger partial charge in [-0.2, -0.15) is 0 Å². The van der Waals surface area contributed by atoms with E-state index in [1.54, 1.807) is 20.2 Å². The summed E-state index contributed by atoms with van der Waals surface area (Å²) in [5.74, 6) is 0.0966. The predicted octanol–water partition coefficient (Wildman–Crippen LogP) is 0.0580. The first-order chi connectivity index (χ1) is 7.43. The van der Waals surface area contributed by atoms with Crippen LogP contribution in [0.5, 0.6) is 0 Å². The lowest BCUT2D eigenvalue weighted by Gasteiger charge is -2.19. The molecule has 0 aliphatic rings. The van der Waals surface area contributed by atoms with Crippen LogP contribution >= 0.6 is 0 Å². The van der Waals surface area contributed by atoms with Crippen molar-refractivity contribution in [2.45, 2.75) is 20.3 Å². The van der Waals surface area contributed by atoms with Crippen LogP contribution in [0.25, 0.3) is 0 Å². The summed E-state index contributed by atoms with van der Waals surface area (Å²) in [6, 6.07) is 0. The van der Waals surface area contributed by atoms with Gasteiger partial charge in [-0.15, -0.1) is 10.2 Å². The van der Waals surface area contributed by atoms with Crippen LogP contribution in [0, 0.1) is 5.41 Å². The third-order valence-electron chi connectivity index (χ3n) is 2.48. The molecular weight excluding hydrogens is 208 g/mol. The lowest BCUT2D eigenvalue weighted by Crippen LogP contribution is -2.36. The molecule has 0 saturated carbocycles. The van der Waals surface area contributed by atoms with E-state index >= 15 is 0 Å². The molecule has 0 fully saturated rings. The fourth-order valence-corrected chi connectivity index (χ4v) is 1.21. The maximum absolute atomic E-state index is 10.8. The van der Waals surface area contributed by atoms with Gasteiger partial charge in [0.25, 0.3) is 0 Å². The maximum Gasteiger partial charge on any atom is 0.310 e. The average molecular weight is 226 g/mol. The number of carboxylic acid groups (broad SMARTS) is 1. The molecular formula is C10H18N4O2. The highest BCUT2D eigenvalue weighted by atomic mass is 16.4. The first kappa shape index (κ1) is 12.6. The highest BCUT2D eigenvalue weighted by molar-refractivity contribution is 5.73. The number of hydrogen-bond acceptors (Lipinski definition) is 4. The Balaban J connectivity index is 2.27. The van der Waals surface area contributed by atoms with Crippen molar-refractivity contribution in [2.75, 3.05) is 13.1 Å². The summed E-state index contributed by atoms with van der Waals surface area (Å²) >= 11 is 0. The summed E-state index contributed by atoms with van der Waals surface area (Å²) in [4.78, 5) is 10.8. The number of carbonyl (C=O) groups is 1. The standard InChI is InChI=1S/C10H18N4O2/c1-10(2,9(15)16)6-11-5-4-8-13-12-7-14(8)3/h7,11H,4-6H2,1-3H3,(H,15,16). The summed E-state index contributed by atoms with van der Waals surface area (Å²) in [7, 11) is 1.89. The highest BCUT2D eigenvalue weighted by Gasteiger charge is 2.26. The van der Waals surface area contributed by atoms with E-state index in [0.29, 0.717) is 13.1 Å². The van der Waals surface area contributed by atoms with Crippen LogP contribution in [-0.4, -0.2) is 38.9 Å². The Morgan fingerprint density at radius 2 is 2.31 bits per heavy atom. The van der Waals surface area contributed by atoms with Gasteiger partial charge >= 0.3 is 5.97 Å². The van der Waals surface area contributed by atoms with Gasteiger partial charge in [0.05, 0.1) is 5.41 Å². The molecule has 16 heavy (non-hydrogen) atoms.